The molecule has 0 aromatic carbocycles. The fourth-order valence-electron chi connectivity index (χ4n) is 2.23. The van der Waals surface area contributed by atoms with Crippen molar-refractivity contribution in [3.63, 3.8) is 0 Å². The maximum absolute atomic E-state index is 11.9. The molecule has 0 saturated carbocycles. The van der Waals surface area contributed by atoms with Crippen LogP contribution < -0.4 is 0 Å². The highest BCUT2D eigenvalue weighted by molar-refractivity contribution is 9.09. The molecular formula is C16H28Br2N2O6. The molecule has 0 N–H and O–H groups in total. The van der Waals surface area contributed by atoms with E-state index in [1.807, 2.05) is 0 Å². The van der Waals surface area contributed by atoms with Gasteiger partial charge in [-0.25, -0.2) is 0 Å². The van der Waals surface area contributed by atoms with Gasteiger partial charge in [-0.05, 0) is 0 Å². The standard InChI is InChI=1S/C16H28Br2N2O6/c17-13-15(21)19-1-5-23-9-10-25-7-3-20(16(22)14-18)4-8-26-12-11-24-6-2-19/h1-14H2. The number of halogens is 2. The van der Waals surface area contributed by atoms with E-state index in [0.29, 0.717) is 79.0 Å². The van der Waals surface area contributed by atoms with Crippen LogP contribution in [0.2, 0.25) is 0 Å². The molecule has 0 unspecified atom stereocenters. The Labute approximate surface area is 171 Å². The number of alkyl halides is 2. The zero-order valence-electron chi connectivity index (χ0n) is 15.0. The van der Waals surface area contributed by atoms with Crippen LogP contribution in [0.1, 0.15) is 0 Å². The Balaban J connectivity index is 2.43. The number of carbonyl (C=O) groups excluding carboxylic acids is 2. The molecule has 0 bridgehead atoms. The minimum absolute atomic E-state index is 0.00986. The van der Waals surface area contributed by atoms with Gasteiger partial charge in [0, 0.05) is 26.2 Å². The molecule has 0 aliphatic carbocycles. The SMILES string of the molecule is O=C(CBr)N1CCOCCOCCN(C(=O)CBr)CCOCCOCC1. The molecule has 0 radical (unpaired) electrons. The molecule has 1 heterocycles. The normalized spacial score (nSPS) is 20.2. The number of ether oxygens (including phenoxy) is 4. The van der Waals surface area contributed by atoms with Crippen LogP contribution in [0.5, 0.6) is 0 Å². The van der Waals surface area contributed by atoms with Gasteiger partial charge in [-0.1, -0.05) is 31.9 Å². The molecular weight excluding hydrogens is 476 g/mol. The van der Waals surface area contributed by atoms with Crippen molar-refractivity contribution in [2.24, 2.45) is 0 Å². The summed E-state index contributed by atoms with van der Waals surface area (Å²) in [5.74, 6) is 0.0197. The summed E-state index contributed by atoms with van der Waals surface area (Å²) in [6, 6.07) is 0. The lowest BCUT2D eigenvalue weighted by molar-refractivity contribution is -0.131. The summed E-state index contributed by atoms with van der Waals surface area (Å²) in [5, 5.41) is 0.561. The highest BCUT2D eigenvalue weighted by atomic mass is 79.9. The summed E-state index contributed by atoms with van der Waals surface area (Å²) in [7, 11) is 0. The lowest BCUT2D eigenvalue weighted by Gasteiger charge is -2.23. The number of hydrogen-bond acceptors (Lipinski definition) is 6. The Bertz CT molecular complexity index is 347. The number of rotatable bonds is 2. The Morgan fingerprint density at radius 1 is 0.577 bits per heavy atom. The van der Waals surface area contributed by atoms with Crippen molar-refractivity contribution in [2.75, 3.05) is 89.7 Å². The van der Waals surface area contributed by atoms with Crippen molar-refractivity contribution < 1.29 is 28.5 Å². The molecule has 1 rings (SSSR count). The van der Waals surface area contributed by atoms with Crippen molar-refractivity contribution in [1.29, 1.82) is 0 Å². The van der Waals surface area contributed by atoms with Gasteiger partial charge in [0.2, 0.25) is 11.8 Å². The van der Waals surface area contributed by atoms with E-state index in [1.165, 1.54) is 0 Å². The van der Waals surface area contributed by atoms with Gasteiger partial charge in [-0.2, -0.15) is 0 Å². The van der Waals surface area contributed by atoms with Crippen LogP contribution in [0.15, 0.2) is 0 Å². The van der Waals surface area contributed by atoms with Crippen molar-refractivity contribution in [1.82, 2.24) is 9.80 Å². The second kappa shape index (κ2) is 15.8. The van der Waals surface area contributed by atoms with Gasteiger partial charge in [0.15, 0.2) is 0 Å². The molecule has 152 valence electrons. The average Bonchev–Trinajstić information content (AvgIpc) is 2.66. The highest BCUT2D eigenvalue weighted by Crippen LogP contribution is 1.98. The number of amides is 2. The van der Waals surface area contributed by atoms with Crippen LogP contribution in [0, 0.1) is 0 Å². The Morgan fingerprint density at radius 3 is 1.08 bits per heavy atom. The van der Waals surface area contributed by atoms with Crippen molar-refractivity contribution in [2.45, 2.75) is 0 Å². The van der Waals surface area contributed by atoms with E-state index in [-0.39, 0.29) is 22.5 Å². The van der Waals surface area contributed by atoms with E-state index in [1.54, 1.807) is 9.80 Å². The minimum atomic E-state index is 0.00986. The maximum Gasteiger partial charge on any atom is 0.233 e. The average molecular weight is 504 g/mol. The first-order valence-electron chi connectivity index (χ1n) is 8.67. The number of carbonyl (C=O) groups is 2. The van der Waals surface area contributed by atoms with Crippen LogP contribution in [0.3, 0.4) is 0 Å². The van der Waals surface area contributed by atoms with Crippen LogP contribution in [0.4, 0.5) is 0 Å². The first-order chi connectivity index (χ1) is 12.7. The zero-order chi connectivity index (χ0) is 19.0. The third kappa shape index (κ3) is 10.8. The van der Waals surface area contributed by atoms with Crippen LogP contribution in [0.25, 0.3) is 0 Å². The van der Waals surface area contributed by atoms with Gasteiger partial charge < -0.3 is 28.7 Å². The smallest absolute Gasteiger partial charge is 0.233 e. The number of nitrogens with zero attached hydrogens (tertiary/aromatic N) is 2. The first-order valence-corrected chi connectivity index (χ1v) is 10.9. The molecule has 0 spiro atoms. The molecule has 0 atom stereocenters. The Kier molecular flexibility index (Phi) is 14.4. The predicted octanol–water partition coefficient (Wildman–Crippen LogP) is 0.513. The molecule has 1 aliphatic heterocycles. The molecule has 0 aromatic rings. The molecule has 8 nitrogen and oxygen atoms in total. The molecule has 0 aromatic heterocycles. The third-order valence-electron chi connectivity index (χ3n) is 3.70. The monoisotopic (exact) mass is 502 g/mol. The maximum atomic E-state index is 11.9. The van der Waals surface area contributed by atoms with Crippen molar-refractivity contribution in [3.8, 4) is 0 Å². The quantitative estimate of drug-likeness (QED) is 0.511. The van der Waals surface area contributed by atoms with Gasteiger partial charge in [0.05, 0.1) is 63.5 Å². The van der Waals surface area contributed by atoms with Gasteiger partial charge in [-0.15, -0.1) is 0 Å². The molecule has 1 saturated heterocycles. The van der Waals surface area contributed by atoms with E-state index >= 15 is 0 Å². The van der Waals surface area contributed by atoms with Crippen LogP contribution in [-0.2, 0) is 28.5 Å². The van der Waals surface area contributed by atoms with Crippen molar-refractivity contribution >= 4 is 43.7 Å². The third-order valence-corrected chi connectivity index (χ3v) is 4.66. The summed E-state index contributed by atoms with van der Waals surface area (Å²) in [4.78, 5) is 27.2. The van der Waals surface area contributed by atoms with E-state index in [0.717, 1.165) is 0 Å². The molecule has 26 heavy (non-hydrogen) atoms. The van der Waals surface area contributed by atoms with E-state index < -0.39 is 0 Å². The lowest BCUT2D eigenvalue weighted by Crippen LogP contribution is -2.38. The molecule has 2 amide bonds. The fraction of sp³-hybridized carbons (Fsp3) is 0.875. The summed E-state index contributed by atoms with van der Waals surface area (Å²) in [6.07, 6.45) is 0. The van der Waals surface area contributed by atoms with E-state index in [9.17, 15) is 9.59 Å². The molecule has 10 heteroatoms. The predicted molar refractivity (Wildman–Crippen MR) is 104 cm³/mol. The summed E-state index contributed by atoms with van der Waals surface area (Å²) in [5.41, 5.74) is 0. The van der Waals surface area contributed by atoms with E-state index in [4.69, 9.17) is 18.9 Å². The van der Waals surface area contributed by atoms with Crippen LogP contribution >= 0.6 is 31.9 Å². The summed E-state index contributed by atoms with van der Waals surface area (Å²) in [6.45, 7) is 5.61. The fourth-order valence-corrected chi connectivity index (χ4v) is 2.94. The summed E-state index contributed by atoms with van der Waals surface area (Å²) >= 11 is 6.39. The summed E-state index contributed by atoms with van der Waals surface area (Å²) < 4.78 is 22.1. The molecule has 1 fully saturated rings. The largest absolute Gasteiger partial charge is 0.377 e. The number of hydrogen-bond donors (Lipinski definition) is 0. The zero-order valence-corrected chi connectivity index (χ0v) is 18.2. The highest BCUT2D eigenvalue weighted by Gasteiger charge is 2.13. The topological polar surface area (TPSA) is 77.5 Å². The first kappa shape index (κ1) is 23.8. The van der Waals surface area contributed by atoms with Gasteiger partial charge in [-0.3, -0.25) is 9.59 Å². The lowest BCUT2D eigenvalue weighted by atomic mass is 10.4. The van der Waals surface area contributed by atoms with E-state index in [2.05, 4.69) is 31.9 Å². The Morgan fingerprint density at radius 2 is 0.846 bits per heavy atom. The second-order valence-electron chi connectivity index (χ2n) is 5.48. The van der Waals surface area contributed by atoms with Gasteiger partial charge >= 0.3 is 0 Å². The molecule has 1 aliphatic rings. The second-order valence-corrected chi connectivity index (χ2v) is 6.60. The Hall–Kier alpha value is -0.260. The van der Waals surface area contributed by atoms with Crippen LogP contribution in [-0.4, -0.2) is 111 Å². The van der Waals surface area contributed by atoms with Crippen molar-refractivity contribution in [3.05, 3.63) is 0 Å². The van der Waals surface area contributed by atoms with Gasteiger partial charge in [0.25, 0.3) is 0 Å². The minimum Gasteiger partial charge on any atom is -0.377 e. The van der Waals surface area contributed by atoms with Gasteiger partial charge in [0.1, 0.15) is 0 Å².